The minimum absolute atomic E-state index is 0.276. The summed E-state index contributed by atoms with van der Waals surface area (Å²) >= 11 is 1.20. The van der Waals surface area contributed by atoms with Gasteiger partial charge < -0.3 is 5.32 Å². The van der Waals surface area contributed by atoms with Crippen molar-refractivity contribution >= 4 is 27.2 Å². The monoisotopic (exact) mass is 401 g/mol. The summed E-state index contributed by atoms with van der Waals surface area (Å²) in [6.07, 6.45) is 4.63. The number of aromatic nitrogens is 3. The van der Waals surface area contributed by atoms with Crippen LogP contribution < -0.4 is 10.0 Å². The Bertz CT molecular complexity index is 1020. The molecule has 0 unspecified atom stereocenters. The van der Waals surface area contributed by atoms with Gasteiger partial charge in [-0.15, -0.1) is 11.3 Å². The fourth-order valence-electron chi connectivity index (χ4n) is 3.04. The van der Waals surface area contributed by atoms with E-state index in [1.54, 1.807) is 23.7 Å². The highest BCUT2D eigenvalue weighted by molar-refractivity contribution is 7.91. The molecule has 2 N–H and O–H groups in total. The van der Waals surface area contributed by atoms with E-state index in [9.17, 15) is 8.42 Å². The van der Waals surface area contributed by atoms with Crippen LogP contribution in [0.4, 0.5) is 5.82 Å². The molecule has 9 heteroatoms. The van der Waals surface area contributed by atoms with Gasteiger partial charge in [-0.1, -0.05) is 12.1 Å². The van der Waals surface area contributed by atoms with Gasteiger partial charge in [0.25, 0.3) is 0 Å². The molecule has 0 saturated heterocycles. The van der Waals surface area contributed by atoms with Crippen LogP contribution in [0.3, 0.4) is 0 Å². The van der Waals surface area contributed by atoms with Crippen LogP contribution in [-0.4, -0.2) is 36.5 Å². The molecule has 3 aromatic heterocycles. The SMILES string of the molecule is O=S(=O)(NCCNc1nc(-c2ccccn2)nc2c1CCC2)c1cccs1. The Labute approximate surface area is 162 Å². The number of nitrogens with zero attached hydrogens (tertiary/aromatic N) is 3. The summed E-state index contributed by atoms with van der Waals surface area (Å²) < 4.78 is 27.3. The predicted molar refractivity (Wildman–Crippen MR) is 105 cm³/mol. The Morgan fingerprint density at radius 1 is 1.07 bits per heavy atom. The van der Waals surface area contributed by atoms with E-state index >= 15 is 0 Å². The highest BCUT2D eigenvalue weighted by atomic mass is 32.2. The lowest BCUT2D eigenvalue weighted by molar-refractivity contribution is 0.585. The molecule has 0 aromatic carbocycles. The molecule has 0 saturated carbocycles. The van der Waals surface area contributed by atoms with Crippen molar-refractivity contribution in [3.8, 4) is 11.5 Å². The molecule has 0 bridgehead atoms. The van der Waals surface area contributed by atoms with Crippen LogP contribution in [0.15, 0.2) is 46.1 Å². The van der Waals surface area contributed by atoms with Crippen LogP contribution >= 0.6 is 11.3 Å². The number of pyridine rings is 1. The topological polar surface area (TPSA) is 96.9 Å². The first-order valence-electron chi connectivity index (χ1n) is 8.72. The Hall–Kier alpha value is -2.36. The second-order valence-electron chi connectivity index (χ2n) is 6.15. The molecule has 0 radical (unpaired) electrons. The maximum absolute atomic E-state index is 12.2. The Balaban J connectivity index is 1.47. The Kier molecular flexibility index (Phi) is 5.15. The van der Waals surface area contributed by atoms with Gasteiger partial charge in [0.05, 0.1) is 0 Å². The third kappa shape index (κ3) is 4.00. The molecule has 1 aliphatic rings. The molecule has 27 heavy (non-hydrogen) atoms. The molecule has 0 atom stereocenters. The standard InChI is InChI=1S/C18H19N5O2S2/c24-27(25,16-8-4-12-26-16)21-11-10-20-17-13-5-3-7-14(13)22-18(23-17)15-6-1-2-9-19-15/h1-2,4,6,8-9,12,21H,3,5,7,10-11H2,(H,20,22,23). The van der Waals surface area contributed by atoms with Gasteiger partial charge in [0.15, 0.2) is 5.82 Å². The van der Waals surface area contributed by atoms with Gasteiger partial charge >= 0.3 is 0 Å². The van der Waals surface area contributed by atoms with Crippen LogP contribution in [0.1, 0.15) is 17.7 Å². The lowest BCUT2D eigenvalue weighted by Gasteiger charge is -2.12. The molecule has 3 heterocycles. The summed E-state index contributed by atoms with van der Waals surface area (Å²) in [4.78, 5) is 13.6. The number of aryl methyl sites for hydroxylation is 1. The van der Waals surface area contributed by atoms with Crippen LogP contribution in [-0.2, 0) is 22.9 Å². The highest BCUT2D eigenvalue weighted by Crippen LogP contribution is 2.28. The zero-order valence-corrected chi connectivity index (χ0v) is 16.2. The second-order valence-corrected chi connectivity index (χ2v) is 9.09. The minimum atomic E-state index is -3.45. The van der Waals surface area contributed by atoms with Crippen LogP contribution in [0, 0.1) is 0 Å². The minimum Gasteiger partial charge on any atom is -0.368 e. The highest BCUT2D eigenvalue weighted by Gasteiger charge is 2.20. The molecule has 7 nitrogen and oxygen atoms in total. The molecule has 0 amide bonds. The number of hydrogen-bond donors (Lipinski definition) is 2. The van der Waals surface area contributed by atoms with Crippen molar-refractivity contribution < 1.29 is 8.42 Å². The number of rotatable bonds is 7. The van der Waals surface area contributed by atoms with Crippen molar-refractivity contribution in [2.24, 2.45) is 0 Å². The van der Waals surface area contributed by atoms with Gasteiger partial charge in [-0.05, 0) is 42.8 Å². The number of anilines is 1. The van der Waals surface area contributed by atoms with E-state index in [2.05, 4.69) is 25.0 Å². The zero-order chi connectivity index (χ0) is 18.7. The Morgan fingerprint density at radius 2 is 2.00 bits per heavy atom. The summed E-state index contributed by atoms with van der Waals surface area (Å²) in [7, 11) is -3.45. The Morgan fingerprint density at radius 3 is 2.78 bits per heavy atom. The van der Waals surface area contributed by atoms with Gasteiger partial charge in [0, 0.05) is 30.5 Å². The number of thiophene rings is 1. The van der Waals surface area contributed by atoms with E-state index in [4.69, 9.17) is 0 Å². The third-order valence-electron chi connectivity index (χ3n) is 4.30. The van der Waals surface area contributed by atoms with E-state index in [0.29, 0.717) is 16.6 Å². The van der Waals surface area contributed by atoms with Crippen LogP contribution in [0.2, 0.25) is 0 Å². The molecule has 1 aliphatic carbocycles. The van der Waals surface area contributed by atoms with Crippen molar-refractivity contribution in [1.82, 2.24) is 19.7 Å². The smallest absolute Gasteiger partial charge is 0.250 e. The van der Waals surface area contributed by atoms with Crippen molar-refractivity contribution in [2.75, 3.05) is 18.4 Å². The quantitative estimate of drug-likeness (QED) is 0.591. The van der Waals surface area contributed by atoms with Gasteiger partial charge in [-0.3, -0.25) is 4.98 Å². The van der Waals surface area contributed by atoms with Gasteiger partial charge in [-0.2, -0.15) is 0 Å². The average Bonchev–Trinajstić information content (AvgIpc) is 3.37. The number of fused-ring (bicyclic) bond motifs is 1. The number of hydrogen-bond acceptors (Lipinski definition) is 7. The first kappa shape index (κ1) is 18.0. The normalized spacial score (nSPS) is 13.5. The summed E-state index contributed by atoms with van der Waals surface area (Å²) in [5.74, 6) is 1.37. The number of sulfonamides is 1. The average molecular weight is 402 g/mol. The summed E-state index contributed by atoms with van der Waals surface area (Å²) in [6.45, 7) is 0.716. The van der Waals surface area contributed by atoms with Gasteiger partial charge in [0.1, 0.15) is 15.7 Å². The summed E-state index contributed by atoms with van der Waals surface area (Å²) in [5, 5.41) is 5.02. The molecular formula is C18H19N5O2S2. The van der Waals surface area contributed by atoms with Crippen LogP contribution in [0.25, 0.3) is 11.5 Å². The lowest BCUT2D eigenvalue weighted by Crippen LogP contribution is -2.28. The van der Waals surface area contributed by atoms with Gasteiger partial charge in [0.2, 0.25) is 10.0 Å². The van der Waals surface area contributed by atoms with Crippen molar-refractivity contribution in [1.29, 1.82) is 0 Å². The first-order chi connectivity index (χ1) is 13.1. The van der Waals surface area contributed by atoms with E-state index in [0.717, 1.165) is 42.0 Å². The fraction of sp³-hybridized carbons (Fsp3) is 0.278. The third-order valence-corrected chi connectivity index (χ3v) is 7.16. The molecule has 3 aromatic rings. The van der Waals surface area contributed by atoms with Crippen molar-refractivity contribution in [3.05, 3.63) is 53.2 Å². The van der Waals surface area contributed by atoms with E-state index in [1.807, 2.05) is 18.2 Å². The van der Waals surface area contributed by atoms with Crippen LogP contribution in [0.5, 0.6) is 0 Å². The van der Waals surface area contributed by atoms with E-state index in [1.165, 1.54) is 11.3 Å². The molecule has 0 spiro atoms. The second kappa shape index (κ2) is 7.71. The number of nitrogens with one attached hydrogen (secondary N) is 2. The predicted octanol–water partition coefficient (Wildman–Crippen LogP) is 2.48. The van der Waals surface area contributed by atoms with E-state index < -0.39 is 10.0 Å². The molecule has 0 aliphatic heterocycles. The molecule has 0 fully saturated rings. The molecule has 4 rings (SSSR count). The maximum atomic E-state index is 12.2. The maximum Gasteiger partial charge on any atom is 0.250 e. The summed E-state index contributed by atoms with van der Waals surface area (Å²) in [6, 6.07) is 8.97. The van der Waals surface area contributed by atoms with Crippen molar-refractivity contribution in [2.45, 2.75) is 23.5 Å². The lowest BCUT2D eigenvalue weighted by atomic mass is 10.2. The van der Waals surface area contributed by atoms with Crippen molar-refractivity contribution in [3.63, 3.8) is 0 Å². The van der Waals surface area contributed by atoms with E-state index in [-0.39, 0.29) is 6.54 Å². The molecular weight excluding hydrogens is 382 g/mol. The molecule has 140 valence electrons. The fourth-order valence-corrected chi connectivity index (χ4v) is 5.11. The summed E-state index contributed by atoms with van der Waals surface area (Å²) in [5.41, 5.74) is 2.90. The zero-order valence-electron chi connectivity index (χ0n) is 14.6. The van der Waals surface area contributed by atoms with Gasteiger partial charge in [-0.25, -0.2) is 23.1 Å². The first-order valence-corrected chi connectivity index (χ1v) is 11.1. The largest absolute Gasteiger partial charge is 0.368 e.